The monoisotopic (exact) mass is 388 g/mol. The van der Waals surface area contributed by atoms with Gasteiger partial charge in [-0.05, 0) is 71.0 Å². The van der Waals surface area contributed by atoms with Crippen LogP contribution in [0.15, 0.2) is 42.5 Å². The summed E-state index contributed by atoms with van der Waals surface area (Å²) in [4.78, 5) is 0. The van der Waals surface area contributed by atoms with Crippen LogP contribution in [0.3, 0.4) is 0 Å². The van der Waals surface area contributed by atoms with Crippen LogP contribution >= 0.6 is 34.2 Å². The Balaban J connectivity index is 2.27. The Bertz CT molecular complexity index is 555. The maximum atomic E-state index is 10.4. The lowest BCUT2D eigenvalue weighted by atomic mass is 10.0. The number of halogens is 2. The van der Waals surface area contributed by atoms with Crippen molar-refractivity contribution in [3.8, 4) is 5.75 Å². The quantitative estimate of drug-likeness (QED) is 0.786. The minimum atomic E-state index is -0.679. The second kappa shape index (κ2) is 6.59. The molecule has 0 heterocycles. The molecule has 0 bridgehead atoms. The number of aliphatic hydroxyl groups excluding tert-OH is 1. The van der Waals surface area contributed by atoms with Gasteiger partial charge < -0.3 is 9.84 Å². The highest BCUT2D eigenvalue weighted by Gasteiger charge is 2.14. The molecule has 2 aromatic rings. The summed E-state index contributed by atoms with van der Waals surface area (Å²) in [7, 11) is 0. The number of aliphatic hydroxyl groups is 1. The average molecular weight is 389 g/mol. The van der Waals surface area contributed by atoms with Crippen LogP contribution in [0.4, 0.5) is 0 Å². The normalized spacial score (nSPS) is 12.2. The number of hydrogen-bond acceptors (Lipinski definition) is 2. The molecule has 1 N–H and O–H groups in total. The smallest absolute Gasteiger partial charge is 0.119 e. The zero-order valence-electron chi connectivity index (χ0n) is 10.4. The Morgan fingerprint density at radius 2 is 1.89 bits per heavy atom. The van der Waals surface area contributed by atoms with Gasteiger partial charge in [0.1, 0.15) is 11.9 Å². The first-order valence-electron chi connectivity index (χ1n) is 5.97. The molecule has 2 aromatic carbocycles. The molecule has 2 rings (SSSR count). The molecule has 2 nitrogen and oxygen atoms in total. The predicted octanol–water partition coefficient (Wildman–Crippen LogP) is 4.43. The third-order valence-electron chi connectivity index (χ3n) is 2.76. The van der Waals surface area contributed by atoms with Crippen LogP contribution in [-0.4, -0.2) is 11.7 Å². The van der Waals surface area contributed by atoms with Crippen LogP contribution in [-0.2, 0) is 0 Å². The van der Waals surface area contributed by atoms with Crippen LogP contribution in [0.1, 0.15) is 24.2 Å². The molecule has 0 fully saturated rings. The van der Waals surface area contributed by atoms with E-state index >= 15 is 0 Å². The average Bonchev–Trinajstić information content (AvgIpc) is 2.42. The Morgan fingerprint density at radius 1 is 1.21 bits per heavy atom. The number of ether oxygens (including phenoxy) is 1. The first-order valence-corrected chi connectivity index (χ1v) is 7.43. The van der Waals surface area contributed by atoms with E-state index in [0.29, 0.717) is 11.6 Å². The van der Waals surface area contributed by atoms with E-state index in [9.17, 15) is 5.11 Å². The van der Waals surface area contributed by atoms with E-state index in [2.05, 4.69) is 22.6 Å². The van der Waals surface area contributed by atoms with Crippen molar-refractivity contribution in [2.45, 2.75) is 13.0 Å². The highest BCUT2D eigenvalue weighted by molar-refractivity contribution is 14.1. The summed E-state index contributed by atoms with van der Waals surface area (Å²) in [6.45, 7) is 2.57. The van der Waals surface area contributed by atoms with Crippen molar-refractivity contribution in [1.29, 1.82) is 0 Å². The van der Waals surface area contributed by atoms with Crippen LogP contribution < -0.4 is 4.74 Å². The minimum absolute atomic E-state index is 0.625. The van der Waals surface area contributed by atoms with E-state index in [4.69, 9.17) is 16.3 Å². The molecule has 0 aliphatic rings. The van der Waals surface area contributed by atoms with Crippen LogP contribution in [0.2, 0.25) is 5.02 Å². The van der Waals surface area contributed by atoms with Crippen LogP contribution in [0.5, 0.6) is 5.75 Å². The Kier molecular flexibility index (Phi) is 5.07. The third kappa shape index (κ3) is 3.61. The molecule has 1 unspecified atom stereocenters. The molecule has 0 amide bonds. The summed E-state index contributed by atoms with van der Waals surface area (Å²) in [6, 6.07) is 13.0. The molecule has 19 heavy (non-hydrogen) atoms. The summed E-state index contributed by atoms with van der Waals surface area (Å²) < 4.78 is 6.37. The topological polar surface area (TPSA) is 29.5 Å². The predicted molar refractivity (Wildman–Crippen MR) is 85.8 cm³/mol. The SMILES string of the molecule is CCOc1ccc(C(O)c2cc(Cl)ccc2I)cc1. The highest BCUT2D eigenvalue weighted by atomic mass is 127. The molecule has 0 saturated carbocycles. The van der Waals surface area contributed by atoms with Gasteiger partial charge in [-0.15, -0.1) is 0 Å². The lowest BCUT2D eigenvalue weighted by Gasteiger charge is -2.14. The van der Waals surface area contributed by atoms with Gasteiger partial charge in [0.15, 0.2) is 0 Å². The lowest BCUT2D eigenvalue weighted by molar-refractivity contribution is 0.219. The number of hydrogen-bond donors (Lipinski definition) is 1. The van der Waals surface area contributed by atoms with Gasteiger partial charge in [0, 0.05) is 8.59 Å². The molecule has 0 aromatic heterocycles. The largest absolute Gasteiger partial charge is 0.494 e. The summed E-state index contributed by atoms with van der Waals surface area (Å²) in [5, 5.41) is 11.0. The van der Waals surface area contributed by atoms with Crippen molar-refractivity contribution < 1.29 is 9.84 Å². The first kappa shape index (κ1) is 14.6. The second-order valence-electron chi connectivity index (χ2n) is 4.07. The van der Waals surface area contributed by atoms with Crippen molar-refractivity contribution in [2.75, 3.05) is 6.61 Å². The van der Waals surface area contributed by atoms with Crippen molar-refractivity contribution in [1.82, 2.24) is 0 Å². The fourth-order valence-corrected chi connectivity index (χ4v) is 2.63. The third-order valence-corrected chi connectivity index (χ3v) is 3.98. The van der Waals surface area contributed by atoms with Gasteiger partial charge in [0.2, 0.25) is 0 Å². The molecule has 4 heteroatoms. The summed E-state index contributed by atoms with van der Waals surface area (Å²) in [5.74, 6) is 0.805. The molecule has 1 atom stereocenters. The molecule has 0 saturated heterocycles. The van der Waals surface area contributed by atoms with Crippen molar-refractivity contribution >= 4 is 34.2 Å². The number of benzene rings is 2. The van der Waals surface area contributed by atoms with E-state index in [1.54, 1.807) is 6.07 Å². The second-order valence-corrected chi connectivity index (χ2v) is 5.67. The summed E-state index contributed by atoms with van der Waals surface area (Å²) in [5.41, 5.74) is 1.64. The van der Waals surface area contributed by atoms with Gasteiger partial charge in [-0.1, -0.05) is 23.7 Å². The highest BCUT2D eigenvalue weighted by Crippen LogP contribution is 2.29. The molecular weight excluding hydrogens is 375 g/mol. The molecular formula is C15H14ClIO2. The van der Waals surface area contributed by atoms with E-state index < -0.39 is 6.10 Å². The Morgan fingerprint density at radius 3 is 2.53 bits per heavy atom. The Hall–Kier alpha value is -0.780. The number of rotatable bonds is 4. The van der Waals surface area contributed by atoms with Gasteiger partial charge in [-0.25, -0.2) is 0 Å². The molecule has 0 spiro atoms. The molecule has 100 valence electrons. The van der Waals surface area contributed by atoms with Gasteiger partial charge in [-0.2, -0.15) is 0 Å². The van der Waals surface area contributed by atoms with Crippen molar-refractivity contribution in [2.24, 2.45) is 0 Å². The van der Waals surface area contributed by atoms with E-state index in [0.717, 1.165) is 20.4 Å². The van der Waals surface area contributed by atoms with E-state index in [1.165, 1.54) is 0 Å². The van der Waals surface area contributed by atoms with Crippen molar-refractivity contribution in [3.05, 3.63) is 62.2 Å². The van der Waals surface area contributed by atoms with Crippen molar-refractivity contribution in [3.63, 3.8) is 0 Å². The maximum absolute atomic E-state index is 10.4. The summed E-state index contributed by atoms with van der Waals surface area (Å²) in [6.07, 6.45) is -0.679. The van der Waals surface area contributed by atoms with E-state index in [1.807, 2.05) is 43.3 Å². The molecule has 0 radical (unpaired) electrons. The van der Waals surface area contributed by atoms with Gasteiger partial charge in [0.25, 0.3) is 0 Å². The van der Waals surface area contributed by atoms with Crippen LogP contribution in [0, 0.1) is 3.57 Å². The molecule has 0 aliphatic carbocycles. The Labute approximate surface area is 131 Å². The van der Waals surface area contributed by atoms with Gasteiger partial charge >= 0.3 is 0 Å². The lowest BCUT2D eigenvalue weighted by Crippen LogP contribution is -2.02. The van der Waals surface area contributed by atoms with Gasteiger partial charge in [0.05, 0.1) is 6.61 Å². The zero-order chi connectivity index (χ0) is 13.8. The molecule has 0 aliphatic heterocycles. The maximum Gasteiger partial charge on any atom is 0.119 e. The summed E-state index contributed by atoms with van der Waals surface area (Å²) >= 11 is 8.18. The first-order chi connectivity index (χ1) is 9.11. The fraction of sp³-hybridized carbons (Fsp3) is 0.200. The van der Waals surface area contributed by atoms with E-state index in [-0.39, 0.29) is 0 Å². The fourth-order valence-electron chi connectivity index (χ4n) is 1.82. The standard InChI is InChI=1S/C15H14ClIO2/c1-2-19-12-6-3-10(4-7-12)15(18)13-9-11(16)5-8-14(13)17/h3-9,15,18H,2H2,1H3. The minimum Gasteiger partial charge on any atom is -0.494 e. The van der Waals surface area contributed by atoms with Crippen LogP contribution in [0.25, 0.3) is 0 Å². The zero-order valence-corrected chi connectivity index (χ0v) is 13.4. The van der Waals surface area contributed by atoms with Gasteiger partial charge in [-0.3, -0.25) is 0 Å².